The number of rotatable bonds is 4. The third-order valence-electron chi connectivity index (χ3n) is 4.26. The molecule has 1 fully saturated rings. The van der Waals surface area contributed by atoms with Gasteiger partial charge in [0.2, 0.25) is 10.0 Å². The van der Waals surface area contributed by atoms with E-state index in [0.717, 1.165) is 5.56 Å². The molecular weight excluding hydrogens is 312 g/mol. The van der Waals surface area contributed by atoms with Crippen LogP contribution in [0.5, 0.6) is 0 Å². The van der Waals surface area contributed by atoms with Crippen molar-refractivity contribution in [3.63, 3.8) is 0 Å². The second-order valence-electron chi connectivity index (χ2n) is 5.59. The number of hydrogen-bond acceptors (Lipinski definition) is 5. The van der Waals surface area contributed by atoms with E-state index in [0.29, 0.717) is 26.2 Å². The normalized spacial score (nSPS) is 18.7. The Labute approximate surface area is 136 Å². The van der Waals surface area contributed by atoms with Crippen LogP contribution in [0.3, 0.4) is 0 Å². The van der Waals surface area contributed by atoms with Gasteiger partial charge in [-0.2, -0.15) is 4.31 Å². The number of pyridine rings is 2. The van der Waals surface area contributed by atoms with Gasteiger partial charge in [-0.05, 0) is 30.7 Å². The van der Waals surface area contributed by atoms with E-state index in [1.165, 1.54) is 10.5 Å². The Morgan fingerprint density at radius 1 is 1.00 bits per heavy atom. The van der Waals surface area contributed by atoms with Crippen molar-refractivity contribution in [2.24, 2.45) is 0 Å². The van der Waals surface area contributed by atoms with Gasteiger partial charge in [-0.1, -0.05) is 6.07 Å². The molecule has 1 aliphatic rings. The second-order valence-corrected chi connectivity index (χ2v) is 7.53. The van der Waals surface area contributed by atoms with E-state index >= 15 is 0 Å². The zero-order chi connectivity index (χ0) is 16.3. The first-order valence-corrected chi connectivity index (χ1v) is 9.07. The molecule has 2 aromatic rings. The molecule has 0 saturated carbocycles. The van der Waals surface area contributed by atoms with Crippen LogP contribution in [-0.4, -0.2) is 53.8 Å². The molecule has 23 heavy (non-hydrogen) atoms. The Bertz CT molecular complexity index is 729. The van der Waals surface area contributed by atoms with Crippen molar-refractivity contribution in [2.75, 3.05) is 26.2 Å². The number of piperazine rings is 1. The third kappa shape index (κ3) is 3.41. The standard InChI is InChI=1S/C16H20N4O2S/c1-14(15-4-2-6-17-12-15)19-8-10-20(11-9-19)23(21,22)16-5-3-7-18-13-16/h2-7,12-14H,8-11H2,1H3. The van der Waals surface area contributed by atoms with Crippen molar-refractivity contribution in [1.82, 2.24) is 19.2 Å². The molecule has 0 N–H and O–H groups in total. The van der Waals surface area contributed by atoms with Crippen molar-refractivity contribution >= 4 is 10.0 Å². The first kappa shape index (κ1) is 16.0. The van der Waals surface area contributed by atoms with Gasteiger partial charge < -0.3 is 0 Å². The van der Waals surface area contributed by atoms with E-state index in [-0.39, 0.29) is 10.9 Å². The predicted octanol–water partition coefficient (Wildman–Crippen LogP) is 1.54. The molecule has 0 aromatic carbocycles. The van der Waals surface area contributed by atoms with Gasteiger partial charge in [-0.25, -0.2) is 8.42 Å². The maximum absolute atomic E-state index is 12.6. The third-order valence-corrected chi connectivity index (χ3v) is 6.14. The van der Waals surface area contributed by atoms with Crippen LogP contribution < -0.4 is 0 Å². The van der Waals surface area contributed by atoms with Gasteiger partial charge in [0.1, 0.15) is 4.90 Å². The lowest BCUT2D eigenvalue weighted by Gasteiger charge is -2.37. The summed E-state index contributed by atoms with van der Waals surface area (Å²) in [6.45, 7) is 4.51. The minimum Gasteiger partial charge on any atom is -0.294 e. The molecule has 122 valence electrons. The fourth-order valence-electron chi connectivity index (χ4n) is 2.81. The monoisotopic (exact) mass is 332 g/mol. The Morgan fingerprint density at radius 2 is 1.65 bits per heavy atom. The average molecular weight is 332 g/mol. The lowest BCUT2D eigenvalue weighted by atomic mass is 10.1. The SMILES string of the molecule is CC(c1cccnc1)N1CCN(S(=O)(=O)c2cccnc2)CC1. The van der Waals surface area contributed by atoms with E-state index in [1.807, 2.05) is 12.3 Å². The molecule has 1 unspecified atom stereocenters. The fraction of sp³-hybridized carbons (Fsp3) is 0.375. The predicted molar refractivity (Wildman–Crippen MR) is 87.2 cm³/mol. The summed E-state index contributed by atoms with van der Waals surface area (Å²) in [5.74, 6) is 0. The lowest BCUT2D eigenvalue weighted by molar-refractivity contribution is 0.145. The number of aromatic nitrogens is 2. The Balaban J connectivity index is 1.67. The van der Waals surface area contributed by atoms with Crippen LogP contribution in [0.1, 0.15) is 18.5 Å². The highest BCUT2D eigenvalue weighted by Crippen LogP contribution is 2.23. The minimum absolute atomic E-state index is 0.229. The zero-order valence-corrected chi connectivity index (χ0v) is 13.9. The van der Waals surface area contributed by atoms with Crippen molar-refractivity contribution in [2.45, 2.75) is 17.9 Å². The molecule has 1 saturated heterocycles. The van der Waals surface area contributed by atoms with Gasteiger partial charge in [0.25, 0.3) is 0 Å². The molecule has 0 aliphatic carbocycles. The van der Waals surface area contributed by atoms with Crippen molar-refractivity contribution < 1.29 is 8.42 Å². The molecule has 3 rings (SSSR count). The maximum atomic E-state index is 12.6. The summed E-state index contributed by atoms with van der Waals surface area (Å²) in [6, 6.07) is 7.44. The van der Waals surface area contributed by atoms with Gasteiger partial charge in [-0.15, -0.1) is 0 Å². The minimum atomic E-state index is -3.44. The Kier molecular flexibility index (Phi) is 4.70. The maximum Gasteiger partial charge on any atom is 0.244 e. The summed E-state index contributed by atoms with van der Waals surface area (Å²) in [5.41, 5.74) is 1.15. The van der Waals surface area contributed by atoms with Crippen LogP contribution in [0.4, 0.5) is 0 Å². The van der Waals surface area contributed by atoms with Gasteiger partial charge in [-0.3, -0.25) is 14.9 Å². The van der Waals surface area contributed by atoms with Gasteiger partial charge in [0.05, 0.1) is 0 Å². The van der Waals surface area contributed by atoms with E-state index in [1.54, 1.807) is 24.5 Å². The second kappa shape index (κ2) is 6.74. The summed E-state index contributed by atoms with van der Waals surface area (Å²) in [4.78, 5) is 10.6. The first-order chi connectivity index (χ1) is 11.1. The number of hydrogen-bond donors (Lipinski definition) is 0. The van der Waals surface area contributed by atoms with Crippen molar-refractivity contribution in [1.29, 1.82) is 0 Å². The van der Waals surface area contributed by atoms with E-state index in [4.69, 9.17) is 0 Å². The number of nitrogens with zero attached hydrogens (tertiary/aromatic N) is 4. The largest absolute Gasteiger partial charge is 0.294 e. The molecule has 1 aliphatic heterocycles. The van der Waals surface area contributed by atoms with E-state index in [9.17, 15) is 8.42 Å². The van der Waals surface area contributed by atoms with Crippen LogP contribution in [0.25, 0.3) is 0 Å². The quantitative estimate of drug-likeness (QED) is 0.850. The molecule has 1 atom stereocenters. The molecule has 0 bridgehead atoms. The van der Waals surface area contributed by atoms with E-state index in [2.05, 4.69) is 27.9 Å². The highest BCUT2D eigenvalue weighted by Gasteiger charge is 2.30. The summed E-state index contributed by atoms with van der Waals surface area (Å²) < 4.78 is 26.7. The molecule has 0 amide bonds. The first-order valence-electron chi connectivity index (χ1n) is 7.63. The van der Waals surface area contributed by atoms with Gasteiger partial charge >= 0.3 is 0 Å². The summed E-state index contributed by atoms with van der Waals surface area (Å²) in [6.07, 6.45) is 6.60. The van der Waals surface area contributed by atoms with Gasteiger partial charge in [0.15, 0.2) is 0 Å². The lowest BCUT2D eigenvalue weighted by Crippen LogP contribution is -2.49. The molecular formula is C16H20N4O2S. The molecule has 0 radical (unpaired) electrons. The summed E-state index contributed by atoms with van der Waals surface area (Å²) in [5, 5.41) is 0. The smallest absolute Gasteiger partial charge is 0.244 e. The number of sulfonamides is 1. The molecule has 2 aromatic heterocycles. The topological polar surface area (TPSA) is 66.4 Å². The van der Waals surface area contributed by atoms with Crippen LogP contribution in [0.2, 0.25) is 0 Å². The Hall–Kier alpha value is -1.83. The van der Waals surface area contributed by atoms with E-state index < -0.39 is 10.0 Å². The Morgan fingerprint density at radius 3 is 2.22 bits per heavy atom. The molecule has 6 nitrogen and oxygen atoms in total. The highest BCUT2D eigenvalue weighted by molar-refractivity contribution is 7.89. The van der Waals surface area contributed by atoms with Crippen LogP contribution in [-0.2, 0) is 10.0 Å². The molecule has 0 spiro atoms. The van der Waals surface area contributed by atoms with Crippen LogP contribution in [0, 0.1) is 0 Å². The van der Waals surface area contributed by atoms with Crippen LogP contribution in [0.15, 0.2) is 53.9 Å². The van der Waals surface area contributed by atoms with Crippen LogP contribution >= 0.6 is 0 Å². The summed E-state index contributed by atoms with van der Waals surface area (Å²) in [7, 11) is -3.44. The van der Waals surface area contributed by atoms with Crippen molar-refractivity contribution in [3.8, 4) is 0 Å². The molecule has 7 heteroatoms. The fourth-order valence-corrected chi connectivity index (χ4v) is 4.20. The average Bonchev–Trinajstić information content (AvgIpc) is 2.63. The summed E-state index contributed by atoms with van der Waals surface area (Å²) >= 11 is 0. The molecule has 3 heterocycles. The van der Waals surface area contributed by atoms with Crippen molar-refractivity contribution in [3.05, 3.63) is 54.6 Å². The zero-order valence-electron chi connectivity index (χ0n) is 13.0. The van der Waals surface area contributed by atoms with Gasteiger partial charge in [0, 0.05) is 57.0 Å². The highest BCUT2D eigenvalue weighted by atomic mass is 32.2.